The van der Waals surface area contributed by atoms with Gasteiger partial charge in [-0.05, 0) is 36.4 Å². The number of aromatic nitrogens is 3. The van der Waals surface area contributed by atoms with Crippen LogP contribution in [-0.2, 0) is 6.54 Å². The number of aromatic amines is 2. The van der Waals surface area contributed by atoms with E-state index in [1.807, 2.05) is 54.6 Å². The van der Waals surface area contributed by atoms with Gasteiger partial charge in [0, 0.05) is 21.9 Å². The highest BCUT2D eigenvalue weighted by Gasteiger charge is 2.12. The first kappa shape index (κ1) is 15.5. The summed E-state index contributed by atoms with van der Waals surface area (Å²) >= 11 is 0. The van der Waals surface area contributed by atoms with Gasteiger partial charge in [0.2, 0.25) is 0 Å². The average Bonchev–Trinajstić information content (AvgIpc) is 3.43. The van der Waals surface area contributed by atoms with E-state index in [1.165, 1.54) is 0 Å². The number of carbonyl (C=O) groups is 1. The molecule has 0 aliphatic carbocycles. The summed E-state index contributed by atoms with van der Waals surface area (Å²) in [5, 5.41) is 12.4. The molecule has 3 aromatic heterocycles. The van der Waals surface area contributed by atoms with Crippen LogP contribution in [0.3, 0.4) is 0 Å². The Labute approximate surface area is 154 Å². The molecule has 0 aliphatic heterocycles. The lowest BCUT2D eigenvalue weighted by atomic mass is 10.1. The minimum Gasteiger partial charge on any atom is -0.467 e. The van der Waals surface area contributed by atoms with Crippen LogP contribution in [0.4, 0.5) is 0 Å². The Kier molecular flexibility index (Phi) is 3.53. The molecule has 0 atom stereocenters. The second kappa shape index (κ2) is 6.17. The number of para-hydroxylation sites is 1. The summed E-state index contributed by atoms with van der Waals surface area (Å²) in [5.41, 5.74) is 4.25. The third-order valence-electron chi connectivity index (χ3n) is 4.61. The molecule has 0 aliphatic rings. The molecule has 0 radical (unpaired) electrons. The number of hydrogen-bond donors (Lipinski definition) is 3. The van der Waals surface area contributed by atoms with Gasteiger partial charge in [-0.2, -0.15) is 5.10 Å². The van der Waals surface area contributed by atoms with E-state index in [4.69, 9.17) is 4.42 Å². The minimum absolute atomic E-state index is 0.144. The number of fused-ring (bicyclic) bond motifs is 2. The van der Waals surface area contributed by atoms with Crippen LogP contribution >= 0.6 is 0 Å². The lowest BCUT2D eigenvalue weighted by Crippen LogP contribution is -2.22. The van der Waals surface area contributed by atoms with Crippen LogP contribution in [0.2, 0.25) is 0 Å². The average molecular weight is 356 g/mol. The van der Waals surface area contributed by atoms with E-state index in [2.05, 4.69) is 20.5 Å². The van der Waals surface area contributed by atoms with Crippen LogP contribution in [0.15, 0.2) is 71.3 Å². The van der Waals surface area contributed by atoms with E-state index in [0.29, 0.717) is 12.1 Å². The van der Waals surface area contributed by atoms with E-state index in [9.17, 15) is 4.79 Å². The number of H-pyrrole nitrogens is 2. The van der Waals surface area contributed by atoms with Gasteiger partial charge in [0.15, 0.2) is 0 Å². The molecule has 132 valence electrons. The zero-order chi connectivity index (χ0) is 18.2. The summed E-state index contributed by atoms with van der Waals surface area (Å²) in [7, 11) is 0. The van der Waals surface area contributed by atoms with Crippen molar-refractivity contribution in [1.29, 1.82) is 0 Å². The number of hydrogen-bond acceptors (Lipinski definition) is 3. The van der Waals surface area contributed by atoms with Crippen LogP contribution in [0.25, 0.3) is 33.2 Å². The van der Waals surface area contributed by atoms with E-state index in [1.54, 1.807) is 12.3 Å². The van der Waals surface area contributed by atoms with Gasteiger partial charge in [0.05, 0.1) is 24.0 Å². The predicted molar refractivity (Wildman–Crippen MR) is 103 cm³/mol. The zero-order valence-electron chi connectivity index (χ0n) is 14.3. The highest BCUT2D eigenvalue weighted by atomic mass is 16.3. The fraction of sp³-hybridized carbons (Fsp3) is 0.0476. The van der Waals surface area contributed by atoms with Gasteiger partial charge in [-0.1, -0.05) is 24.3 Å². The molecule has 5 aromatic rings. The van der Waals surface area contributed by atoms with Gasteiger partial charge >= 0.3 is 0 Å². The Hall–Kier alpha value is -3.80. The second-order valence-electron chi connectivity index (χ2n) is 6.36. The maximum absolute atomic E-state index is 12.4. The first-order valence-corrected chi connectivity index (χ1v) is 8.65. The Bertz CT molecular complexity index is 1250. The summed E-state index contributed by atoms with van der Waals surface area (Å²) in [5.74, 6) is 0.576. The number of nitrogens with one attached hydrogen (secondary N) is 3. The molecule has 2 aromatic carbocycles. The predicted octanol–water partition coefficient (Wildman–Crippen LogP) is 4.23. The molecule has 0 fully saturated rings. The molecule has 0 saturated carbocycles. The van der Waals surface area contributed by atoms with Gasteiger partial charge in [-0.15, -0.1) is 0 Å². The topological polar surface area (TPSA) is 86.7 Å². The van der Waals surface area contributed by atoms with Gasteiger partial charge in [-0.25, -0.2) is 0 Å². The lowest BCUT2D eigenvalue weighted by Gasteiger charge is -2.03. The van der Waals surface area contributed by atoms with Crippen molar-refractivity contribution in [3.05, 3.63) is 78.3 Å². The van der Waals surface area contributed by atoms with Crippen molar-refractivity contribution in [1.82, 2.24) is 20.5 Å². The molecule has 6 nitrogen and oxygen atoms in total. The fourth-order valence-electron chi connectivity index (χ4n) is 3.25. The second-order valence-corrected chi connectivity index (χ2v) is 6.36. The number of nitrogens with zero attached hydrogens (tertiary/aromatic N) is 1. The van der Waals surface area contributed by atoms with Crippen LogP contribution in [0, 0.1) is 0 Å². The Morgan fingerprint density at radius 2 is 1.96 bits per heavy atom. The van der Waals surface area contributed by atoms with Crippen molar-refractivity contribution in [2.45, 2.75) is 6.54 Å². The highest BCUT2D eigenvalue weighted by Crippen LogP contribution is 2.28. The molecule has 0 saturated heterocycles. The van der Waals surface area contributed by atoms with E-state index >= 15 is 0 Å². The smallest absolute Gasteiger partial charge is 0.251 e. The van der Waals surface area contributed by atoms with E-state index in [0.717, 1.165) is 39.0 Å². The van der Waals surface area contributed by atoms with Crippen molar-refractivity contribution in [3.8, 4) is 11.4 Å². The molecule has 5 rings (SSSR count). The highest BCUT2D eigenvalue weighted by molar-refractivity contribution is 6.00. The molecule has 0 bridgehead atoms. The molecule has 0 unspecified atom stereocenters. The molecular formula is C21H16N4O2. The molecule has 1 amide bonds. The van der Waals surface area contributed by atoms with E-state index in [-0.39, 0.29) is 5.91 Å². The van der Waals surface area contributed by atoms with Gasteiger partial charge < -0.3 is 14.7 Å². The number of furan rings is 1. The molecule has 6 heteroatoms. The largest absolute Gasteiger partial charge is 0.467 e. The van der Waals surface area contributed by atoms with E-state index < -0.39 is 0 Å². The maximum atomic E-state index is 12.4. The number of rotatable bonds is 4. The minimum atomic E-state index is -0.144. The first-order chi connectivity index (χ1) is 13.3. The Morgan fingerprint density at radius 3 is 2.85 bits per heavy atom. The third-order valence-corrected chi connectivity index (χ3v) is 4.61. The van der Waals surface area contributed by atoms with Crippen LogP contribution in [0.5, 0.6) is 0 Å². The SMILES string of the molecule is O=C(NCc1ccco1)c1ccc2cc(-c3n[nH]c4ccccc34)[nH]c2c1. The monoisotopic (exact) mass is 356 g/mol. The molecule has 3 N–H and O–H groups in total. The van der Waals surface area contributed by atoms with Crippen LogP contribution < -0.4 is 5.32 Å². The Balaban J connectivity index is 1.45. The lowest BCUT2D eigenvalue weighted by molar-refractivity contribution is 0.0948. The number of amides is 1. The summed E-state index contributed by atoms with van der Waals surface area (Å²) in [4.78, 5) is 15.8. The standard InChI is InChI=1S/C21H16N4O2/c26-21(22-12-15-4-3-9-27-15)14-8-7-13-10-19(23-18(13)11-14)20-16-5-1-2-6-17(16)24-25-20/h1-11,23H,12H2,(H,22,26)(H,24,25). The van der Waals surface area contributed by atoms with Gasteiger partial charge in [0.1, 0.15) is 11.5 Å². The van der Waals surface area contributed by atoms with Crippen molar-refractivity contribution in [2.75, 3.05) is 0 Å². The summed E-state index contributed by atoms with van der Waals surface area (Å²) in [6.45, 7) is 0.360. The van der Waals surface area contributed by atoms with Crippen molar-refractivity contribution in [3.63, 3.8) is 0 Å². The van der Waals surface area contributed by atoms with Crippen LogP contribution in [0.1, 0.15) is 16.1 Å². The van der Waals surface area contributed by atoms with Crippen molar-refractivity contribution < 1.29 is 9.21 Å². The molecular weight excluding hydrogens is 340 g/mol. The number of carbonyl (C=O) groups excluding carboxylic acids is 1. The molecule has 0 spiro atoms. The zero-order valence-corrected chi connectivity index (χ0v) is 14.3. The summed E-state index contributed by atoms with van der Waals surface area (Å²) < 4.78 is 5.24. The summed E-state index contributed by atoms with van der Waals surface area (Å²) in [6.07, 6.45) is 1.59. The van der Waals surface area contributed by atoms with Crippen molar-refractivity contribution in [2.24, 2.45) is 0 Å². The quantitative estimate of drug-likeness (QED) is 0.450. The molecule has 3 heterocycles. The third kappa shape index (κ3) is 2.77. The summed E-state index contributed by atoms with van der Waals surface area (Å²) in [6, 6.07) is 19.3. The number of benzene rings is 2. The molecule has 27 heavy (non-hydrogen) atoms. The Morgan fingerprint density at radius 1 is 1.04 bits per heavy atom. The van der Waals surface area contributed by atoms with Crippen LogP contribution in [-0.4, -0.2) is 21.1 Å². The maximum Gasteiger partial charge on any atom is 0.251 e. The fourth-order valence-corrected chi connectivity index (χ4v) is 3.25. The first-order valence-electron chi connectivity index (χ1n) is 8.65. The normalized spacial score (nSPS) is 11.3. The van der Waals surface area contributed by atoms with Crippen molar-refractivity contribution >= 4 is 27.7 Å². The van der Waals surface area contributed by atoms with Gasteiger partial charge in [0.25, 0.3) is 5.91 Å². The van der Waals surface area contributed by atoms with Gasteiger partial charge in [-0.3, -0.25) is 9.89 Å².